The first-order valence-corrected chi connectivity index (χ1v) is 14.1. The number of sulfonamides is 1. The van der Waals surface area contributed by atoms with E-state index in [1.54, 1.807) is 6.92 Å². The van der Waals surface area contributed by atoms with E-state index in [4.69, 9.17) is 4.74 Å². The monoisotopic (exact) mass is 548 g/mol. The Labute approximate surface area is 224 Å². The van der Waals surface area contributed by atoms with Gasteiger partial charge in [-0.3, -0.25) is 24.0 Å². The average molecular weight is 549 g/mol. The quantitative estimate of drug-likeness (QED) is 0.299. The van der Waals surface area contributed by atoms with E-state index in [0.29, 0.717) is 13.0 Å². The largest absolute Gasteiger partial charge is 0.495 e. The number of benzene rings is 2. The van der Waals surface area contributed by atoms with Gasteiger partial charge < -0.3 is 15.0 Å². The van der Waals surface area contributed by atoms with Gasteiger partial charge in [0.15, 0.2) is 0 Å². The molecule has 11 nitrogen and oxygen atoms in total. The molecule has 2 aromatic carbocycles. The summed E-state index contributed by atoms with van der Waals surface area (Å²) in [5.74, 6) is -0.749. The first-order chi connectivity index (χ1) is 17.8. The fourth-order valence-corrected chi connectivity index (χ4v) is 4.74. The molecule has 2 aromatic rings. The van der Waals surface area contributed by atoms with E-state index >= 15 is 0 Å². The Kier molecular flexibility index (Phi) is 10.6. The summed E-state index contributed by atoms with van der Waals surface area (Å²) in [7, 11) is -2.80. The number of amides is 2. The molecule has 0 aliphatic heterocycles. The van der Waals surface area contributed by atoms with Crippen LogP contribution in [0.1, 0.15) is 38.3 Å². The summed E-state index contributed by atoms with van der Waals surface area (Å²) in [6.07, 6.45) is 1.19. The van der Waals surface area contributed by atoms with Crippen LogP contribution in [0.4, 0.5) is 11.4 Å². The third-order valence-corrected chi connectivity index (χ3v) is 7.12. The normalized spacial score (nSPS) is 12.1. The molecule has 0 saturated carbocycles. The molecule has 0 fully saturated rings. The summed E-state index contributed by atoms with van der Waals surface area (Å²) in [6, 6.07) is 10.0. The van der Waals surface area contributed by atoms with Crippen LogP contribution in [-0.4, -0.2) is 62.6 Å². The first-order valence-electron chi connectivity index (χ1n) is 12.2. The Morgan fingerprint density at radius 2 is 1.82 bits per heavy atom. The van der Waals surface area contributed by atoms with Gasteiger partial charge in [0, 0.05) is 25.2 Å². The Morgan fingerprint density at radius 1 is 1.16 bits per heavy atom. The highest BCUT2D eigenvalue weighted by atomic mass is 32.2. The van der Waals surface area contributed by atoms with Crippen LogP contribution in [0.5, 0.6) is 5.75 Å². The van der Waals surface area contributed by atoms with Crippen LogP contribution in [0.15, 0.2) is 42.5 Å². The number of carbonyl (C=O) groups excluding carboxylic acids is 2. The van der Waals surface area contributed by atoms with Crippen LogP contribution >= 0.6 is 0 Å². The zero-order valence-corrected chi connectivity index (χ0v) is 23.4. The van der Waals surface area contributed by atoms with Crippen molar-refractivity contribution >= 4 is 33.2 Å². The van der Waals surface area contributed by atoms with Gasteiger partial charge in [0.25, 0.3) is 5.69 Å². The summed E-state index contributed by atoms with van der Waals surface area (Å²) in [5.41, 5.74) is 1.20. The number of rotatable bonds is 13. The van der Waals surface area contributed by atoms with Crippen molar-refractivity contribution in [1.29, 1.82) is 0 Å². The second-order valence-corrected chi connectivity index (χ2v) is 11.3. The second-order valence-electron chi connectivity index (χ2n) is 9.39. The van der Waals surface area contributed by atoms with Crippen molar-refractivity contribution in [2.24, 2.45) is 5.92 Å². The Balaban J connectivity index is 2.56. The van der Waals surface area contributed by atoms with Gasteiger partial charge in [-0.2, -0.15) is 0 Å². The van der Waals surface area contributed by atoms with Crippen molar-refractivity contribution in [1.82, 2.24) is 10.2 Å². The van der Waals surface area contributed by atoms with Crippen LogP contribution in [0.2, 0.25) is 0 Å². The SMILES string of the molecule is CC[C@H](C(=O)NCC(C)C)N(Cc1ccccc1C)C(=O)CN(c1cc([N+](=O)[O-])ccc1OC)S(C)(=O)=O. The number of nitro benzene ring substituents is 1. The van der Waals surface area contributed by atoms with Crippen LogP contribution in [-0.2, 0) is 26.2 Å². The number of nitro groups is 1. The lowest BCUT2D eigenvalue weighted by Gasteiger charge is -2.33. The molecule has 2 amide bonds. The zero-order valence-electron chi connectivity index (χ0n) is 22.6. The molecule has 0 aliphatic rings. The number of carbonyl (C=O) groups is 2. The molecule has 1 N–H and O–H groups in total. The lowest BCUT2D eigenvalue weighted by molar-refractivity contribution is -0.384. The van der Waals surface area contributed by atoms with Gasteiger partial charge >= 0.3 is 0 Å². The smallest absolute Gasteiger partial charge is 0.271 e. The molecule has 0 radical (unpaired) electrons. The third-order valence-electron chi connectivity index (χ3n) is 5.99. The van der Waals surface area contributed by atoms with Gasteiger partial charge in [0.2, 0.25) is 21.8 Å². The lowest BCUT2D eigenvalue weighted by Crippen LogP contribution is -2.52. The van der Waals surface area contributed by atoms with E-state index in [2.05, 4.69) is 5.32 Å². The van der Waals surface area contributed by atoms with Crippen molar-refractivity contribution in [3.63, 3.8) is 0 Å². The van der Waals surface area contributed by atoms with Crippen molar-refractivity contribution < 1.29 is 27.7 Å². The second kappa shape index (κ2) is 13.2. The number of hydrogen-bond donors (Lipinski definition) is 1. The molecular weight excluding hydrogens is 512 g/mol. The topological polar surface area (TPSA) is 139 Å². The fourth-order valence-electron chi connectivity index (χ4n) is 3.89. The minimum Gasteiger partial charge on any atom is -0.495 e. The molecule has 208 valence electrons. The zero-order chi connectivity index (χ0) is 28.6. The molecule has 0 bridgehead atoms. The summed E-state index contributed by atoms with van der Waals surface area (Å²) in [6.45, 7) is 7.37. The predicted octanol–water partition coefficient (Wildman–Crippen LogP) is 3.26. The molecule has 12 heteroatoms. The van der Waals surface area contributed by atoms with Crippen LogP contribution in [0.25, 0.3) is 0 Å². The molecule has 38 heavy (non-hydrogen) atoms. The van der Waals surface area contributed by atoms with Crippen molar-refractivity contribution in [2.45, 2.75) is 46.7 Å². The summed E-state index contributed by atoms with van der Waals surface area (Å²) < 4.78 is 31.7. The van der Waals surface area contributed by atoms with E-state index in [-0.39, 0.29) is 35.5 Å². The molecule has 1 atom stereocenters. The lowest BCUT2D eigenvalue weighted by atomic mass is 10.1. The molecule has 0 saturated heterocycles. The maximum atomic E-state index is 13.8. The fraction of sp³-hybridized carbons (Fsp3) is 0.462. The molecule has 0 aromatic heterocycles. The van der Waals surface area contributed by atoms with Gasteiger partial charge in [-0.1, -0.05) is 45.0 Å². The standard InChI is InChI=1S/C26H36N4O7S/c1-7-22(26(32)27-15-18(2)3)28(16-20-11-9-8-10-19(20)4)25(31)17-29(38(6,35)36)23-14-21(30(33)34)12-13-24(23)37-5/h8-14,18,22H,7,15-17H2,1-6H3,(H,27,32)/t22-/m1/s1. The highest BCUT2D eigenvalue weighted by molar-refractivity contribution is 7.92. The minimum atomic E-state index is -4.09. The van der Waals surface area contributed by atoms with Crippen molar-refractivity contribution in [3.05, 3.63) is 63.7 Å². The molecule has 0 aliphatic carbocycles. The van der Waals surface area contributed by atoms with Crippen LogP contribution in [0.3, 0.4) is 0 Å². The van der Waals surface area contributed by atoms with Crippen molar-refractivity contribution in [2.75, 3.05) is 30.8 Å². The third kappa shape index (κ3) is 7.91. The van der Waals surface area contributed by atoms with Crippen molar-refractivity contribution in [3.8, 4) is 5.75 Å². The summed E-state index contributed by atoms with van der Waals surface area (Å²) >= 11 is 0. The van der Waals surface area contributed by atoms with E-state index < -0.39 is 33.4 Å². The number of nitrogens with one attached hydrogen (secondary N) is 1. The number of methoxy groups -OCH3 is 1. The first kappa shape index (κ1) is 30.6. The molecule has 0 unspecified atom stereocenters. The molecule has 2 rings (SSSR count). The number of anilines is 1. The Bertz CT molecular complexity index is 1260. The summed E-state index contributed by atoms with van der Waals surface area (Å²) in [4.78, 5) is 39.0. The van der Waals surface area contributed by atoms with E-state index in [0.717, 1.165) is 27.8 Å². The molecule has 0 heterocycles. The molecule has 0 spiro atoms. The maximum absolute atomic E-state index is 13.8. The minimum absolute atomic E-state index is 0.0426. The van der Waals surface area contributed by atoms with Crippen LogP contribution < -0.4 is 14.4 Å². The van der Waals surface area contributed by atoms with Gasteiger partial charge in [-0.25, -0.2) is 8.42 Å². The number of nitrogens with zero attached hydrogens (tertiary/aromatic N) is 3. The Hall–Kier alpha value is -3.67. The van der Waals surface area contributed by atoms with Crippen LogP contribution in [0, 0.1) is 23.0 Å². The highest BCUT2D eigenvalue weighted by Gasteiger charge is 2.33. The number of ether oxygens (including phenoxy) is 1. The van der Waals surface area contributed by atoms with Gasteiger partial charge in [-0.15, -0.1) is 0 Å². The predicted molar refractivity (Wildman–Crippen MR) is 145 cm³/mol. The van der Waals surface area contributed by atoms with Gasteiger partial charge in [0.05, 0.1) is 18.3 Å². The van der Waals surface area contributed by atoms with Gasteiger partial charge in [-0.05, 0) is 36.5 Å². The van der Waals surface area contributed by atoms with E-state index in [9.17, 15) is 28.1 Å². The summed E-state index contributed by atoms with van der Waals surface area (Å²) in [5, 5.41) is 14.2. The van der Waals surface area contributed by atoms with Gasteiger partial charge in [0.1, 0.15) is 24.0 Å². The number of non-ortho nitro benzene ring substituents is 1. The number of hydrogen-bond acceptors (Lipinski definition) is 7. The highest BCUT2D eigenvalue weighted by Crippen LogP contribution is 2.34. The average Bonchev–Trinajstić information content (AvgIpc) is 2.85. The maximum Gasteiger partial charge on any atom is 0.271 e. The van der Waals surface area contributed by atoms with E-state index in [1.165, 1.54) is 24.1 Å². The number of aryl methyl sites for hydroxylation is 1. The Morgan fingerprint density at radius 3 is 2.34 bits per heavy atom. The molecular formula is C26H36N4O7S. The van der Waals surface area contributed by atoms with E-state index in [1.807, 2.05) is 45.0 Å².